The first kappa shape index (κ1) is 18.1. The Bertz CT molecular complexity index is 910. The summed E-state index contributed by atoms with van der Waals surface area (Å²) in [6.45, 7) is 11.2. The lowest BCUT2D eigenvalue weighted by Crippen LogP contribution is -2.02. The molecule has 0 atom stereocenters. The number of rotatable bonds is 5. The maximum Gasteiger partial charge on any atom is 0.0994 e. The Labute approximate surface area is 156 Å². The molecule has 0 aliphatic heterocycles. The van der Waals surface area contributed by atoms with Gasteiger partial charge in [0.1, 0.15) is 0 Å². The molecule has 0 amide bonds. The third-order valence-electron chi connectivity index (χ3n) is 5.09. The molecular formula is C24H26N2. The number of allylic oxidation sites excluding steroid dienone is 1. The third kappa shape index (κ3) is 3.78. The zero-order chi connectivity index (χ0) is 18.7. The van der Waals surface area contributed by atoms with E-state index in [1.807, 2.05) is 13.0 Å². The molecule has 2 heteroatoms. The monoisotopic (exact) mass is 342 g/mol. The van der Waals surface area contributed by atoms with Crippen LogP contribution < -0.4 is 0 Å². The van der Waals surface area contributed by atoms with Gasteiger partial charge in [0.25, 0.3) is 0 Å². The molecule has 2 aromatic rings. The minimum atomic E-state index is 0.539. The number of benzene rings is 2. The van der Waals surface area contributed by atoms with Gasteiger partial charge in [-0.2, -0.15) is 5.26 Å². The Balaban J connectivity index is 1.83. The van der Waals surface area contributed by atoms with E-state index in [9.17, 15) is 5.26 Å². The van der Waals surface area contributed by atoms with E-state index in [4.69, 9.17) is 4.99 Å². The highest BCUT2D eigenvalue weighted by Crippen LogP contribution is 2.33. The third-order valence-corrected chi connectivity index (χ3v) is 5.09. The molecule has 0 fully saturated rings. The molecule has 0 spiro atoms. The number of aliphatic imine (C=N–C) groups is 1. The van der Waals surface area contributed by atoms with Crippen LogP contribution in [0, 0.1) is 17.2 Å². The Morgan fingerprint density at radius 3 is 2.73 bits per heavy atom. The molecule has 1 aliphatic carbocycles. The second kappa shape index (κ2) is 7.70. The molecule has 26 heavy (non-hydrogen) atoms. The fourth-order valence-corrected chi connectivity index (χ4v) is 3.64. The largest absolute Gasteiger partial charge is 0.285 e. The lowest BCUT2D eigenvalue weighted by Gasteiger charge is -2.10. The summed E-state index contributed by atoms with van der Waals surface area (Å²) in [7, 11) is 0. The topological polar surface area (TPSA) is 36.1 Å². The van der Waals surface area contributed by atoms with E-state index in [-0.39, 0.29) is 0 Å². The molecule has 0 saturated heterocycles. The highest BCUT2D eigenvalue weighted by atomic mass is 14.7. The number of nitrogens with zero attached hydrogens (tertiary/aromatic N) is 2. The number of nitriles is 1. The Morgan fingerprint density at radius 1 is 1.19 bits per heavy atom. The van der Waals surface area contributed by atoms with Gasteiger partial charge in [-0.05, 0) is 71.6 Å². The lowest BCUT2D eigenvalue weighted by atomic mass is 9.96. The van der Waals surface area contributed by atoms with E-state index in [2.05, 4.69) is 56.8 Å². The van der Waals surface area contributed by atoms with E-state index in [0.717, 1.165) is 41.7 Å². The van der Waals surface area contributed by atoms with Crippen LogP contribution in [0.4, 0.5) is 0 Å². The Hall–Kier alpha value is -2.66. The summed E-state index contributed by atoms with van der Waals surface area (Å²) >= 11 is 0. The molecule has 0 radical (unpaired) electrons. The van der Waals surface area contributed by atoms with Gasteiger partial charge in [-0.25, -0.2) is 0 Å². The highest BCUT2D eigenvalue weighted by Gasteiger charge is 2.17. The highest BCUT2D eigenvalue weighted by molar-refractivity contribution is 5.99. The Morgan fingerprint density at radius 2 is 2.00 bits per heavy atom. The fraction of sp³-hybridized carbons (Fsp3) is 0.333. The van der Waals surface area contributed by atoms with Crippen molar-refractivity contribution in [2.75, 3.05) is 0 Å². The second-order valence-corrected chi connectivity index (χ2v) is 7.53. The summed E-state index contributed by atoms with van der Waals surface area (Å²) in [5, 5.41) is 9.48. The van der Waals surface area contributed by atoms with Crippen molar-refractivity contribution < 1.29 is 0 Å². The second-order valence-electron chi connectivity index (χ2n) is 7.53. The summed E-state index contributed by atoms with van der Waals surface area (Å²) in [5.41, 5.74) is 9.14. The molecule has 3 rings (SSSR count). The average Bonchev–Trinajstić information content (AvgIpc) is 3.01. The summed E-state index contributed by atoms with van der Waals surface area (Å²) in [4.78, 5) is 4.81. The van der Waals surface area contributed by atoms with Crippen molar-refractivity contribution >= 4 is 11.3 Å². The van der Waals surface area contributed by atoms with Crippen molar-refractivity contribution in [3.8, 4) is 6.07 Å². The van der Waals surface area contributed by atoms with Crippen molar-refractivity contribution in [2.24, 2.45) is 10.9 Å². The van der Waals surface area contributed by atoms with Gasteiger partial charge < -0.3 is 0 Å². The summed E-state index contributed by atoms with van der Waals surface area (Å²) in [6, 6.07) is 14.9. The molecule has 2 nitrogen and oxygen atoms in total. The van der Waals surface area contributed by atoms with Gasteiger partial charge in [-0.15, -0.1) is 0 Å². The number of hydrogen-bond donors (Lipinski definition) is 0. The number of hydrogen-bond acceptors (Lipinski definition) is 2. The minimum absolute atomic E-state index is 0.539. The average molecular weight is 342 g/mol. The van der Waals surface area contributed by atoms with Crippen LogP contribution in [0.3, 0.4) is 0 Å². The molecule has 0 N–H and O–H groups in total. The van der Waals surface area contributed by atoms with E-state index in [1.165, 1.54) is 22.3 Å². The molecule has 132 valence electrons. The first-order valence-electron chi connectivity index (χ1n) is 9.33. The maximum atomic E-state index is 9.48. The summed E-state index contributed by atoms with van der Waals surface area (Å²) in [5.74, 6) is 0.539. The van der Waals surface area contributed by atoms with Crippen LogP contribution in [0.25, 0.3) is 5.57 Å². The number of fused-ring (bicyclic) bond motifs is 1. The van der Waals surface area contributed by atoms with Gasteiger partial charge in [0.05, 0.1) is 18.2 Å². The van der Waals surface area contributed by atoms with Gasteiger partial charge in [0, 0.05) is 5.71 Å². The van der Waals surface area contributed by atoms with E-state index in [1.54, 1.807) is 0 Å². The van der Waals surface area contributed by atoms with E-state index >= 15 is 0 Å². The van der Waals surface area contributed by atoms with Crippen LogP contribution in [0.5, 0.6) is 0 Å². The maximum absolute atomic E-state index is 9.48. The van der Waals surface area contributed by atoms with Crippen LogP contribution in [0.15, 0.2) is 48.0 Å². The van der Waals surface area contributed by atoms with Crippen LogP contribution >= 0.6 is 0 Å². The molecule has 1 aliphatic rings. The van der Waals surface area contributed by atoms with Gasteiger partial charge in [-0.3, -0.25) is 4.99 Å². The summed E-state index contributed by atoms with van der Waals surface area (Å²) in [6.07, 6.45) is 3.05. The molecule has 0 heterocycles. The van der Waals surface area contributed by atoms with Crippen LogP contribution in [0.2, 0.25) is 0 Å². The molecule has 0 unspecified atom stereocenters. The standard InChI is InChI=1S/C24H26N2/c1-16(2)12-20-10-9-19(13-22(20)14-25)18(4)26-15-21-6-5-7-23-17(3)8-11-24(21)23/h5-7,9-10,13,16H,3,8,11-12,15H2,1-2,4H3/b26-18+. The lowest BCUT2D eigenvalue weighted by molar-refractivity contribution is 0.646. The molecule has 0 bridgehead atoms. The van der Waals surface area contributed by atoms with Gasteiger partial charge in [-0.1, -0.05) is 50.8 Å². The zero-order valence-electron chi connectivity index (χ0n) is 16.0. The zero-order valence-corrected chi connectivity index (χ0v) is 16.0. The predicted octanol–water partition coefficient (Wildman–Crippen LogP) is 5.73. The molecule has 2 aromatic carbocycles. The Kier molecular flexibility index (Phi) is 5.38. The normalized spacial score (nSPS) is 13.8. The van der Waals surface area contributed by atoms with Crippen LogP contribution in [0.1, 0.15) is 60.6 Å². The van der Waals surface area contributed by atoms with Crippen LogP contribution in [-0.4, -0.2) is 5.71 Å². The smallest absolute Gasteiger partial charge is 0.0994 e. The fourth-order valence-electron chi connectivity index (χ4n) is 3.64. The predicted molar refractivity (Wildman–Crippen MR) is 109 cm³/mol. The minimum Gasteiger partial charge on any atom is -0.285 e. The molecule has 0 saturated carbocycles. The van der Waals surface area contributed by atoms with Crippen molar-refractivity contribution in [2.45, 2.75) is 46.6 Å². The summed E-state index contributed by atoms with van der Waals surface area (Å²) < 4.78 is 0. The SMILES string of the molecule is C=C1CCc2c(C/N=C(\C)c3ccc(CC(C)C)c(C#N)c3)cccc21. The van der Waals surface area contributed by atoms with E-state index < -0.39 is 0 Å². The van der Waals surface area contributed by atoms with Gasteiger partial charge in [0.15, 0.2) is 0 Å². The van der Waals surface area contributed by atoms with Crippen molar-refractivity contribution in [3.05, 3.63) is 76.4 Å². The van der Waals surface area contributed by atoms with Crippen LogP contribution in [-0.2, 0) is 19.4 Å². The quantitative estimate of drug-likeness (QED) is 0.640. The first-order chi connectivity index (χ1) is 12.5. The van der Waals surface area contributed by atoms with Crippen molar-refractivity contribution in [3.63, 3.8) is 0 Å². The molecular weight excluding hydrogens is 316 g/mol. The molecule has 0 aromatic heterocycles. The van der Waals surface area contributed by atoms with Gasteiger partial charge in [0.2, 0.25) is 0 Å². The van der Waals surface area contributed by atoms with Crippen molar-refractivity contribution in [1.82, 2.24) is 0 Å². The van der Waals surface area contributed by atoms with E-state index in [0.29, 0.717) is 12.5 Å². The van der Waals surface area contributed by atoms with Gasteiger partial charge >= 0.3 is 0 Å². The first-order valence-corrected chi connectivity index (χ1v) is 9.33. The van der Waals surface area contributed by atoms with Crippen molar-refractivity contribution in [1.29, 1.82) is 5.26 Å².